The molecule has 0 saturated heterocycles. The van der Waals surface area contributed by atoms with Crippen molar-refractivity contribution < 1.29 is 14.3 Å². The van der Waals surface area contributed by atoms with E-state index in [-0.39, 0.29) is 5.69 Å². The van der Waals surface area contributed by atoms with E-state index in [1.807, 2.05) is 0 Å². The van der Waals surface area contributed by atoms with Crippen LogP contribution in [0.15, 0.2) is 41.1 Å². The highest BCUT2D eigenvalue weighted by Gasteiger charge is 2.10. The van der Waals surface area contributed by atoms with E-state index in [9.17, 15) is 4.79 Å². The van der Waals surface area contributed by atoms with Gasteiger partial charge >= 0.3 is 5.97 Å². The summed E-state index contributed by atoms with van der Waals surface area (Å²) in [6.07, 6.45) is 2.92. The molecule has 0 aromatic carbocycles. The van der Waals surface area contributed by atoms with Crippen LogP contribution in [0.2, 0.25) is 0 Å². The van der Waals surface area contributed by atoms with Gasteiger partial charge in [0.05, 0.1) is 12.5 Å². The van der Waals surface area contributed by atoms with Gasteiger partial charge in [0.2, 0.25) is 0 Å². The first-order valence-electron chi connectivity index (χ1n) is 4.87. The molecular formula is C11H7N3O3. The van der Waals surface area contributed by atoms with E-state index in [1.54, 1.807) is 30.5 Å². The third kappa shape index (κ3) is 1.55. The van der Waals surface area contributed by atoms with Gasteiger partial charge in [-0.25, -0.2) is 14.3 Å². The number of aromatic carboxylic acids is 1. The van der Waals surface area contributed by atoms with E-state index < -0.39 is 5.97 Å². The normalized spacial score (nSPS) is 10.8. The van der Waals surface area contributed by atoms with Gasteiger partial charge in [-0.2, -0.15) is 5.10 Å². The third-order valence-electron chi connectivity index (χ3n) is 2.31. The molecule has 3 rings (SSSR count). The maximum Gasteiger partial charge on any atom is 0.356 e. The second kappa shape index (κ2) is 3.44. The minimum absolute atomic E-state index is 0.0332. The molecule has 0 aliphatic heterocycles. The van der Waals surface area contributed by atoms with Crippen LogP contribution in [0.1, 0.15) is 10.5 Å². The zero-order valence-corrected chi connectivity index (χ0v) is 8.57. The Morgan fingerprint density at radius 2 is 2.24 bits per heavy atom. The van der Waals surface area contributed by atoms with Gasteiger partial charge in [0.1, 0.15) is 5.69 Å². The lowest BCUT2D eigenvalue weighted by molar-refractivity contribution is 0.0691. The Kier molecular flexibility index (Phi) is 1.94. The van der Waals surface area contributed by atoms with E-state index in [2.05, 4.69) is 10.1 Å². The maximum absolute atomic E-state index is 10.8. The summed E-state index contributed by atoms with van der Waals surface area (Å²) in [6.45, 7) is 0. The zero-order valence-electron chi connectivity index (χ0n) is 8.57. The lowest BCUT2D eigenvalue weighted by atomic mass is 10.3. The van der Waals surface area contributed by atoms with E-state index >= 15 is 0 Å². The zero-order chi connectivity index (χ0) is 11.8. The smallest absolute Gasteiger partial charge is 0.356 e. The molecule has 1 N–H and O–H groups in total. The Bertz CT molecular complexity index is 685. The van der Waals surface area contributed by atoms with Gasteiger partial charge in [-0.15, -0.1) is 0 Å². The van der Waals surface area contributed by atoms with Gasteiger partial charge in [-0.1, -0.05) is 0 Å². The minimum atomic E-state index is -1.07. The Balaban J connectivity index is 2.16. The van der Waals surface area contributed by atoms with Crippen molar-refractivity contribution in [1.82, 2.24) is 14.6 Å². The van der Waals surface area contributed by atoms with Crippen LogP contribution in [0.25, 0.3) is 17.1 Å². The van der Waals surface area contributed by atoms with Gasteiger partial charge in [-0.05, 0) is 24.3 Å². The molecule has 0 saturated carbocycles. The van der Waals surface area contributed by atoms with Crippen LogP contribution in [0.5, 0.6) is 0 Å². The maximum atomic E-state index is 10.8. The van der Waals surface area contributed by atoms with Crippen LogP contribution in [-0.4, -0.2) is 25.7 Å². The van der Waals surface area contributed by atoms with E-state index in [1.165, 1.54) is 10.7 Å². The van der Waals surface area contributed by atoms with Gasteiger partial charge < -0.3 is 9.52 Å². The number of carbonyl (C=O) groups is 1. The first-order valence-corrected chi connectivity index (χ1v) is 4.87. The summed E-state index contributed by atoms with van der Waals surface area (Å²) in [5.41, 5.74) is 1.07. The Hall–Kier alpha value is -2.63. The molecule has 3 aromatic rings. The number of aromatic nitrogens is 3. The van der Waals surface area contributed by atoms with E-state index in [0.717, 1.165) is 0 Å². The summed E-state index contributed by atoms with van der Waals surface area (Å²) in [5.74, 6) is -0.451. The summed E-state index contributed by atoms with van der Waals surface area (Å²) in [5, 5.41) is 13.0. The average molecular weight is 229 g/mol. The number of hydrogen-bond acceptors (Lipinski definition) is 4. The van der Waals surface area contributed by atoms with Crippen molar-refractivity contribution in [3.8, 4) is 11.5 Å². The quantitative estimate of drug-likeness (QED) is 0.723. The van der Waals surface area contributed by atoms with Gasteiger partial charge in [0.15, 0.2) is 17.1 Å². The number of furan rings is 1. The highest BCUT2D eigenvalue weighted by molar-refractivity contribution is 5.86. The number of fused-ring (bicyclic) bond motifs is 1. The lowest BCUT2D eigenvalue weighted by Gasteiger charge is -1.96. The number of rotatable bonds is 2. The molecular weight excluding hydrogens is 222 g/mol. The largest absolute Gasteiger partial charge is 0.476 e. The summed E-state index contributed by atoms with van der Waals surface area (Å²) in [7, 11) is 0. The molecule has 3 aromatic heterocycles. The van der Waals surface area contributed by atoms with Crippen LogP contribution < -0.4 is 0 Å². The number of nitrogens with zero attached hydrogens (tertiary/aromatic N) is 3. The number of imidazole rings is 1. The molecule has 6 heteroatoms. The van der Waals surface area contributed by atoms with Crippen molar-refractivity contribution in [2.45, 2.75) is 0 Å². The standard InChI is InChI=1S/C11H7N3O3/c15-11(16)8-6-14-10(12-8)4-3-7(13-14)9-2-1-5-17-9/h1-6H,(H,15,16). The summed E-state index contributed by atoms with van der Waals surface area (Å²) in [6, 6.07) is 6.96. The molecule has 0 spiro atoms. The van der Waals surface area contributed by atoms with Crippen molar-refractivity contribution >= 4 is 11.6 Å². The van der Waals surface area contributed by atoms with E-state index in [0.29, 0.717) is 17.1 Å². The first kappa shape index (κ1) is 9.59. The molecule has 0 bridgehead atoms. The fourth-order valence-electron chi connectivity index (χ4n) is 1.54. The molecule has 3 heterocycles. The fourth-order valence-corrected chi connectivity index (χ4v) is 1.54. The van der Waals surface area contributed by atoms with Crippen LogP contribution in [-0.2, 0) is 0 Å². The Morgan fingerprint density at radius 3 is 2.94 bits per heavy atom. The highest BCUT2D eigenvalue weighted by atomic mass is 16.4. The second-order valence-corrected chi connectivity index (χ2v) is 3.43. The predicted molar refractivity (Wildman–Crippen MR) is 57.6 cm³/mol. The fraction of sp³-hybridized carbons (Fsp3) is 0. The third-order valence-corrected chi connectivity index (χ3v) is 2.31. The van der Waals surface area contributed by atoms with E-state index in [4.69, 9.17) is 9.52 Å². The summed E-state index contributed by atoms with van der Waals surface area (Å²) in [4.78, 5) is 14.7. The average Bonchev–Trinajstić information content (AvgIpc) is 2.97. The molecule has 0 atom stereocenters. The molecule has 0 aliphatic carbocycles. The Labute approximate surface area is 95.1 Å². The number of carboxylic acid groups (broad SMARTS) is 1. The molecule has 0 fully saturated rings. The van der Waals surface area contributed by atoms with Crippen LogP contribution >= 0.6 is 0 Å². The van der Waals surface area contributed by atoms with Gasteiger partial charge in [0, 0.05) is 0 Å². The van der Waals surface area contributed by atoms with Crippen LogP contribution in [0, 0.1) is 0 Å². The van der Waals surface area contributed by atoms with Crippen molar-refractivity contribution in [1.29, 1.82) is 0 Å². The number of carboxylic acids is 1. The summed E-state index contributed by atoms with van der Waals surface area (Å²) < 4.78 is 6.63. The van der Waals surface area contributed by atoms with Crippen molar-refractivity contribution in [3.05, 3.63) is 42.4 Å². The molecule has 0 amide bonds. The monoisotopic (exact) mass is 229 g/mol. The first-order chi connectivity index (χ1) is 8.24. The topological polar surface area (TPSA) is 80.6 Å². The molecule has 84 valence electrons. The van der Waals surface area contributed by atoms with Gasteiger partial charge in [0.25, 0.3) is 0 Å². The predicted octanol–water partition coefficient (Wildman–Crippen LogP) is 1.69. The van der Waals surface area contributed by atoms with Crippen molar-refractivity contribution in [2.75, 3.05) is 0 Å². The van der Waals surface area contributed by atoms with Crippen molar-refractivity contribution in [2.24, 2.45) is 0 Å². The second-order valence-electron chi connectivity index (χ2n) is 3.43. The Morgan fingerprint density at radius 1 is 1.35 bits per heavy atom. The molecule has 17 heavy (non-hydrogen) atoms. The van der Waals surface area contributed by atoms with Crippen LogP contribution in [0.4, 0.5) is 0 Å². The van der Waals surface area contributed by atoms with Crippen molar-refractivity contribution in [3.63, 3.8) is 0 Å². The SMILES string of the molecule is O=C(O)c1cn2nc(-c3ccco3)ccc2n1. The van der Waals surface area contributed by atoms with Crippen LogP contribution in [0.3, 0.4) is 0 Å². The molecule has 0 unspecified atom stereocenters. The minimum Gasteiger partial charge on any atom is -0.476 e. The number of hydrogen-bond donors (Lipinski definition) is 1. The molecule has 0 radical (unpaired) electrons. The molecule has 6 nitrogen and oxygen atoms in total. The molecule has 0 aliphatic rings. The lowest BCUT2D eigenvalue weighted by Crippen LogP contribution is -1.95. The highest BCUT2D eigenvalue weighted by Crippen LogP contribution is 2.17. The van der Waals surface area contributed by atoms with Gasteiger partial charge in [-0.3, -0.25) is 0 Å². The summed E-state index contributed by atoms with van der Waals surface area (Å²) >= 11 is 0.